The molecule has 0 fully saturated rings. The number of unbranched alkanes of at least 4 members (excludes halogenated alkanes) is 60. The van der Waals surface area contributed by atoms with Crippen LogP contribution in [0, 0.1) is 20.8 Å². The smallest absolute Gasteiger partial charge is 0.418 e. The molecule has 0 aliphatic heterocycles. The van der Waals surface area contributed by atoms with Gasteiger partial charge < -0.3 is 27.1 Å². The fourth-order valence-electron chi connectivity index (χ4n) is 20.9. The zero-order valence-corrected chi connectivity index (χ0v) is 100. The summed E-state index contributed by atoms with van der Waals surface area (Å²) in [6.07, 6.45) is 90.3. The van der Waals surface area contributed by atoms with Crippen LogP contribution in [-0.2, 0) is 49.1 Å². The van der Waals surface area contributed by atoms with E-state index in [9.17, 15) is 0 Å². The Morgan fingerprint density at radius 3 is 0.628 bits per heavy atom. The summed E-state index contributed by atoms with van der Waals surface area (Å²) >= 11 is 0. The summed E-state index contributed by atoms with van der Waals surface area (Å²) in [5.74, 6) is 4.89. The first-order chi connectivity index (χ1) is 70.4. The molecular formula is C133H223O9P3. The largest absolute Gasteiger partial charge is 0.463 e. The summed E-state index contributed by atoms with van der Waals surface area (Å²) in [4.78, 5) is 0. The quantitative estimate of drug-likeness (QED) is 0.0274. The molecule has 0 aliphatic rings. The minimum absolute atomic E-state index is 0.0762. The molecule has 0 amide bonds. The van der Waals surface area contributed by atoms with E-state index in [1.807, 2.05) is 0 Å². The third kappa shape index (κ3) is 58.3. The molecule has 0 saturated heterocycles. The Morgan fingerprint density at radius 1 is 0.221 bits per heavy atom. The van der Waals surface area contributed by atoms with Crippen molar-refractivity contribution in [1.82, 2.24) is 0 Å². The van der Waals surface area contributed by atoms with Crippen LogP contribution in [0.25, 0.3) is 0 Å². The predicted molar refractivity (Wildman–Crippen MR) is 636 cm³/mol. The van der Waals surface area contributed by atoms with E-state index in [0.29, 0.717) is 19.8 Å². The van der Waals surface area contributed by atoms with Crippen LogP contribution in [-0.4, -0.2) is 19.8 Å². The van der Waals surface area contributed by atoms with E-state index in [1.54, 1.807) is 0 Å². The normalized spacial score (nSPS) is 13.1. The molecule has 12 heteroatoms. The summed E-state index contributed by atoms with van der Waals surface area (Å²) in [7, 11) is -5.56. The van der Waals surface area contributed by atoms with Crippen molar-refractivity contribution < 1.29 is 40.7 Å². The molecule has 824 valence electrons. The van der Waals surface area contributed by atoms with Crippen molar-refractivity contribution in [3.05, 3.63) is 176 Å². The lowest BCUT2D eigenvalue weighted by Crippen LogP contribution is -2.19. The van der Waals surface area contributed by atoms with Crippen molar-refractivity contribution in [1.29, 1.82) is 0 Å². The van der Waals surface area contributed by atoms with E-state index >= 15 is 0 Å². The topological polar surface area (TPSA) is 83.1 Å². The fraction of sp³-hybridized carbons (Fsp3) is 0.729. The van der Waals surface area contributed by atoms with Crippen LogP contribution < -0.4 is 27.1 Å². The van der Waals surface area contributed by atoms with Crippen molar-refractivity contribution in [2.24, 2.45) is 0 Å². The highest BCUT2D eigenvalue weighted by atomic mass is 31.2. The molecule has 6 aromatic rings. The Morgan fingerprint density at radius 2 is 0.414 bits per heavy atom. The van der Waals surface area contributed by atoms with Gasteiger partial charge in [-0.25, -0.2) is 0 Å². The summed E-state index contributed by atoms with van der Waals surface area (Å²) in [5, 5.41) is 0. The third-order valence-electron chi connectivity index (χ3n) is 30.2. The molecule has 145 heavy (non-hydrogen) atoms. The monoisotopic (exact) mass is 2060 g/mol. The van der Waals surface area contributed by atoms with Crippen molar-refractivity contribution in [2.45, 2.75) is 609 Å². The Labute approximate surface area is 899 Å². The van der Waals surface area contributed by atoms with Crippen molar-refractivity contribution in [3.63, 3.8) is 0 Å². The maximum absolute atomic E-state index is 7.45. The number of hydrogen-bond donors (Lipinski definition) is 0. The molecule has 0 aliphatic carbocycles. The number of benzene rings is 6. The highest BCUT2D eigenvalue weighted by molar-refractivity contribution is 7.43. The molecule has 9 nitrogen and oxygen atoms in total. The zero-order valence-electron chi connectivity index (χ0n) is 97.7. The predicted octanol–water partition coefficient (Wildman–Crippen LogP) is 46.4. The first-order valence-corrected chi connectivity index (χ1v) is 64.8. The van der Waals surface area contributed by atoms with Crippen LogP contribution in [0.15, 0.2) is 109 Å². The van der Waals surface area contributed by atoms with Crippen molar-refractivity contribution in [3.8, 4) is 34.5 Å². The minimum Gasteiger partial charge on any atom is -0.418 e. The van der Waals surface area contributed by atoms with Gasteiger partial charge in [0.1, 0.15) is 34.5 Å². The highest BCUT2D eigenvalue weighted by Crippen LogP contribution is 2.53. The van der Waals surface area contributed by atoms with E-state index in [1.165, 1.54) is 435 Å². The van der Waals surface area contributed by atoms with Crippen LogP contribution in [0.5, 0.6) is 34.5 Å². The molecular weight excluding hydrogens is 1830 g/mol. The average molecular weight is 2060 g/mol. The zero-order chi connectivity index (χ0) is 104. The van der Waals surface area contributed by atoms with Crippen LogP contribution in [0.4, 0.5) is 0 Å². The van der Waals surface area contributed by atoms with E-state index in [2.05, 4.69) is 241 Å². The van der Waals surface area contributed by atoms with Crippen molar-refractivity contribution >= 4 is 25.8 Å². The minimum atomic E-state index is -1.87. The molecule has 0 saturated carbocycles. The molecule has 0 radical (unpaired) electrons. The summed E-state index contributed by atoms with van der Waals surface area (Å²) < 4.78 is 64.4. The Bertz CT molecular complexity index is 4000. The molecule has 0 bridgehead atoms. The third-order valence-corrected chi connectivity index (χ3v) is 33.5. The lowest BCUT2D eigenvalue weighted by Gasteiger charge is -2.33. The molecule has 0 aromatic heterocycles. The Hall–Kier alpha value is -4.71. The molecule has 4 unspecified atom stereocenters. The van der Waals surface area contributed by atoms with E-state index in [-0.39, 0.29) is 28.1 Å². The molecule has 6 aromatic carbocycles. The number of hydrogen-bond acceptors (Lipinski definition) is 9. The van der Waals surface area contributed by atoms with E-state index < -0.39 is 25.8 Å². The van der Waals surface area contributed by atoms with Crippen LogP contribution in [0.1, 0.15) is 620 Å². The van der Waals surface area contributed by atoms with Crippen molar-refractivity contribution in [2.75, 3.05) is 19.8 Å². The van der Waals surface area contributed by atoms with Gasteiger partial charge in [-0.05, 0) is 212 Å². The molecule has 0 N–H and O–H groups in total. The first-order valence-electron chi connectivity index (χ1n) is 61.5. The summed E-state index contributed by atoms with van der Waals surface area (Å²) in [6, 6.07) is 40.8. The van der Waals surface area contributed by atoms with Gasteiger partial charge in [-0.1, -0.05) is 551 Å². The SMILES string of the molecule is CCCCCCCCCCCCCCCCCCOP(Oc1cccc(CCCCCCCC)c1)Oc1cc(C)c(C(C)CC(c2cc(C(C)(C)C)c(OP(OCCCCCCCCCCCCCCCCCC)Oc3cccc(CCCCCCCC)c3)cc2C)c2cc(C(C)(C)C)c(OP(OCCCCCCCCCCCCCCCCCC)Oc3cccc(CCCCCCCC)c3)cc2C)cc1C(C)(C)C. The maximum atomic E-state index is 7.45. The van der Waals surface area contributed by atoms with Gasteiger partial charge in [0.15, 0.2) is 0 Å². The molecule has 0 heterocycles. The second-order valence-electron chi connectivity index (χ2n) is 47.2. The van der Waals surface area contributed by atoms with Gasteiger partial charge >= 0.3 is 25.8 Å². The van der Waals surface area contributed by atoms with Gasteiger partial charge in [-0.2, -0.15) is 0 Å². The van der Waals surface area contributed by atoms with Crippen LogP contribution >= 0.6 is 25.8 Å². The van der Waals surface area contributed by atoms with Crippen LogP contribution in [0.2, 0.25) is 0 Å². The standard InChI is InChI=1S/C133H223O9P3/c1-20-26-32-38-44-47-50-53-56-59-62-65-68-71-77-83-98-134-143(137-118-95-86-92-115(105-118)89-80-74-41-35-29-23-4)140-128-102-112(8)121(108-125(128)131(11,12)13)111(7)101-124(122-109-126(132(14,15)16)129(103-113(122)9)141-144(138-119-96-87-93-116(106-119)90-81-75-42-36-30-24-5)135-99-84-78-72-69-66-63-60-57-54-51-48-45-39-33-27-21-2)123-110-127(133(17,18)19)130(104-114(123)10)142-145(139-120-97-88-94-117(107-120)91-82-76-43-37-31-25-6)136-100-85-79-73-70-67-64-61-58-55-52-49-46-40-34-28-22-3/h86-88,92-97,102-111,124H,20-85,89-91,98-101H2,1-19H3. The van der Waals surface area contributed by atoms with Gasteiger partial charge in [0.25, 0.3) is 0 Å². The summed E-state index contributed by atoms with van der Waals surface area (Å²) in [5.41, 5.74) is 13.7. The van der Waals surface area contributed by atoms with E-state index in [4.69, 9.17) is 40.7 Å². The van der Waals surface area contributed by atoms with Gasteiger partial charge in [0, 0.05) is 22.6 Å². The average Bonchev–Trinajstić information content (AvgIpc) is 0.757. The maximum Gasteiger partial charge on any atom is 0.463 e. The fourth-order valence-corrected chi connectivity index (χ4v) is 24.0. The van der Waals surface area contributed by atoms with Gasteiger partial charge in [-0.15, -0.1) is 0 Å². The second-order valence-corrected chi connectivity index (χ2v) is 50.4. The highest BCUT2D eigenvalue weighted by Gasteiger charge is 2.35. The van der Waals surface area contributed by atoms with Gasteiger partial charge in [0.2, 0.25) is 0 Å². The Balaban J connectivity index is 1.40. The molecule has 6 rings (SSSR count). The van der Waals surface area contributed by atoms with Gasteiger partial charge in [0.05, 0.1) is 19.8 Å². The second kappa shape index (κ2) is 80.2. The summed E-state index contributed by atoms with van der Waals surface area (Å²) in [6.45, 7) is 46.1. The number of rotatable bonds is 92. The van der Waals surface area contributed by atoms with Crippen LogP contribution in [0.3, 0.4) is 0 Å². The first kappa shape index (κ1) is 129. The Kier molecular flexibility index (Phi) is 71.3. The molecule has 4 atom stereocenters. The lowest BCUT2D eigenvalue weighted by molar-refractivity contribution is 0.256. The van der Waals surface area contributed by atoms with E-state index in [0.717, 1.165) is 115 Å². The number of aryl methyl sites for hydroxylation is 6. The lowest BCUT2D eigenvalue weighted by atomic mass is 9.74. The van der Waals surface area contributed by atoms with Gasteiger partial charge in [-0.3, -0.25) is 13.6 Å². The molecule has 0 spiro atoms.